The highest BCUT2D eigenvalue weighted by molar-refractivity contribution is 6.37. The maximum absolute atomic E-state index is 6.33. The van der Waals surface area contributed by atoms with Gasteiger partial charge in [-0.15, -0.1) is 0 Å². The van der Waals surface area contributed by atoms with Crippen LogP contribution >= 0.6 is 23.2 Å². The van der Waals surface area contributed by atoms with E-state index < -0.39 is 0 Å². The van der Waals surface area contributed by atoms with Gasteiger partial charge in [-0.1, -0.05) is 23.2 Å². The zero-order valence-corrected chi connectivity index (χ0v) is 12.3. The summed E-state index contributed by atoms with van der Waals surface area (Å²) < 4.78 is 5.82. The first-order valence-electron chi connectivity index (χ1n) is 6.62. The molecule has 0 bridgehead atoms. The Labute approximate surface area is 123 Å². The molecule has 1 aliphatic carbocycles. The number of hydrogen-bond donors (Lipinski definition) is 1. The molecule has 6 heteroatoms. The van der Waals surface area contributed by atoms with Crippen molar-refractivity contribution in [1.29, 1.82) is 0 Å². The Kier molecular flexibility index (Phi) is 3.74. The average molecular weight is 302 g/mol. The van der Waals surface area contributed by atoms with Crippen molar-refractivity contribution in [1.82, 2.24) is 4.98 Å². The molecule has 1 aromatic rings. The molecule has 1 saturated carbocycles. The maximum atomic E-state index is 6.33. The molecule has 2 fully saturated rings. The van der Waals surface area contributed by atoms with Gasteiger partial charge in [-0.25, -0.2) is 4.98 Å². The fourth-order valence-electron chi connectivity index (χ4n) is 3.02. The van der Waals surface area contributed by atoms with Crippen LogP contribution in [0.1, 0.15) is 19.3 Å². The highest BCUT2D eigenvalue weighted by atomic mass is 35.5. The Morgan fingerprint density at radius 3 is 3.00 bits per heavy atom. The third-order valence-electron chi connectivity index (χ3n) is 3.90. The third-order valence-corrected chi connectivity index (χ3v) is 4.47. The van der Waals surface area contributed by atoms with Crippen LogP contribution in [0.2, 0.25) is 10.0 Å². The zero-order chi connectivity index (χ0) is 13.4. The lowest BCUT2D eigenvalue weighted by Gasteiger charge is -2.39. The molecule has 3 rings (SSSR count). The quantitative estimate of drug-likeness (QED) is 0.910. The monoisotopic (exact) mass is 301 g/mol. The van der Waals surface area contributed by atoms with Crippen LogP contribution in [0, 0.1) is 0 Å². The molecule has 2 aliphatic rings. The van der Waals surface area contributed by atoms with E-state index in [2.05, 4.69) is 15.2 Å². The smallest absolute Gasteiger partial charge is 0.150 e. The van der Waals surface area contributed by atoms with Gasteiger partial charge in [0.25, 0.3) is 0 Å². The number of pyridine rings is 1. The highest BCUT2D eigenvalue weighted by Gasteiger charge is 2.37. The summed E-state index contributed by atoms with van der Waals surface area (Å²) in [6, 6.07) is 2.15. The van der Waals surface area contributed by atoms with Gasteiger partial charge in [0, 0.05) is 13.6 Å². The van der Waals surface area contributed by atoms with Crippen molar-refractivity contribution in [2.45, 2.75) is 31.4 Å². The number of fused-ring (bicyclic) bond motifs is 1. The standard InChI is InChI=1S/C13H17Cl2N3O/c1-16-12-8(14)7-9(15)13(17-12)18-5-6-19-11-4-2-3-10(11)18/h7,10-11H,2-6H2,1H3,(H,16,17). The normalized spacial score (nSPS) is 26.4. The second-order valence-electron chi connectivity index (χ2n) is 4.98. The predicted molar refractivity (Wildman–Crippen MR) is 78.5 cm³/mol. The molecule has 2 heterocycles. The van der Waals surface area contributed by atoms with Crippen molar-refractivity contribution in [3.63, 3.8) is 0 Å². The Morgan fingerprint density at radius 1 is 1.37 bits per heavy atom. The summed E-state index contributed by atoms with van der Waals surface area (Å²) in [5, 5.41) is 4.16. The average Bonchev–Trinajstić information content (AvgIpc) is 2.87. The molecule has 104 valence electrons. The van der Waals surface area contributed by atoms with E-state index in [1.165, 1.54) is 6.42 Å². The molecule has 1 saturated heterocycles. The molecule has 4 nitrogen and oxygen atoms in total. The number of morpholine rings is 1. The van der Waals surface area contributed by atoms with Gasteiger partial charge in [-0.3, -0.25) is 0 Å². The molecule has 2 atom stereocenters. The summed E-state index contributed by atoms with van der Waals surface area (Å²) in [5.74, 6) is 1.48. The fourth-order valence-corrected chi connectivity index (χ4v) is 3.58. The lowest BCUT2D eigenvalue weighted by atomic mass is 10.1. The van der Waals surface area contributed by atoms with Gasteiger partial charge >= 0.3 is 0 Å². The first-order valence-corrected chi connectivity index (χ1v) is 7.38. The lowest BCUT2D eigenvalue weighted by Crippen LogP contribution is -2.49. The van der Waals surface area contributed by atoms with E-state index in [0.717, 1.165) is 31.8 Å². The van der Waals surface area contributed by atoms with E-state index in [9.17, 15) is 0 Å². The number of aromatic nitrogens is 1. The Balaban J connectivity index is 1.96. The number of halogens is 2. The summed E-state index contributed by atoms with van der Waals surface area (Å²) in [6.07, 6.45) is 3.79. The van der Waals surface area contributed by atoms with Gasteiger partial charge in [-0.2, -0.15) is 0 Å². The van der Waals surface area contributed by atoms with Crippen LogP contribution in [0.3, 0.4) is 0 Å². The molecular weight excluding hydrogens is 285 g/mol. The van der Waals surface area contributed by atoms with Gasteiger partial charge in [0.05, 0.1) is 28.8 Å². The van der Waals surface area contributed by atoms with E-state index in [-0.39, 0.29) is 0 Å². The van der Waals surface area contributed by atoms with Crippen molar-refractivity contribution in [2.75, 3.05) is 30.4 Å². The number of hydrogen-bond acceptors (Lipinski definition) is 4. The number of nitrogens with one attached hydrogen (secondary N) is 1. The maximum Gasteiger partial charge on any atom is 0.150 e. The van der Waals surface area contributed by atoms with Crippen molar-refractivity contribution in [3.8, 4) is 0 Å². The van der Waals surface area contributed by atoms with Crippen LogP contribution in [0.15, 0.2) is 6.07 Å². The van der Waals surface area contributed by atoms with Crippen LogP contribution in [-0.2, 0) is 4.74 Å². The third kappa shape index (κ3) is 2.37. The van der Waals surface area contributed by atoms with Gasteiger partial charge in [-0.05, 0) is 25.3 Å². The summed E-state index contributed by atoms with van der Waals surface area (Å²) in [6.45, 7) is 1.56. The first-order chi connectivity index (χ1) is 9.20. The van der Waals surface area contributed by atoms with Crippen LogP contribution in [0.4, 0.5) is 11.6 Å². The second-order valence-corrected chi connectivity index (χ2v) is 5.79. The van der Waals surface area contributed by atoms with Crippen molar-refractivity contribution >= 4 is 34.8 Å². The van der Waals surface area contributed by atoms with Gasteiger partial charge in [0.1, 0.15) is 11.6 Å². The van der Waals surface area contributed by atoms with Gasteiger partial charge in [0.2, 0.25) is 0 Å². The minimum absolute atomic E-state index is 0.320. The van der Waals surface area contributed by atoms with Gasteiger partial charge < -0.3 is 15.0 Å². The number of rotatable bonds is 2. The SMILES string of the molecule is CNc1nc(N2CCOC3CCCC32)c(Cl)cc1Cl. The molecule has 2 unspecified atom stereocenters. The van der Waals surface area contributed by atoms with E-state index in [1.807, 2.05) is 7.05 Å². The molecule has 1 N–H and O–H groups in total. The Bertz CT molecular complexity index is 483. The van der Waals surface area contributed by atoms with E-state index in [4.69, 9.17) is 27.9 Å². The molecule has 0 spiro atoms. The number of nitrogens with zero attached hydrogens (tertiary/aromatic N) is 2. The minimum atomic E-state index is 0.320. The molecule has 1 aliphatic heterocycles. The van der Waals surface area contributed by atoms with E-state index in [0.29, 0.717) is 28.0 Å². The predicted octanol–water partition coefficient (Wildman–Crippen LogP) is 3.19. The second kappa shape index (κ2) is 5.35. The summed E-state index contributed by atoms with van der Waals surface area (Å²) in [4.78, 5) is 6.85. The summed E-state index contributed by atoms with van der Waals surface area (Å²) >= 11 is 12.4. The Hall–Kier alpha value is -0.710. The van der Waals surface area contributed by atoms with Crippen molar-refractivity contribution in [2.24, 2.45) is 0 Å². The molecule has 1 aromatic heterocycles. The Morgan fingerprint density at radius 2 is 2.21 bits per heavy atom. The van der Waals surface area contributed by atoms with Gasteiger partial charge in [0.15, 0.2) is 0 Å². The largest absolute Gasteiger partial charge is 0.374 e. The molecular formula is C13H17Cl2N3O. The van der Waals surface area contributed by atoms with Crippen LogP contribution < -0.4 is 10.2 Å². The van der Waals surface area contributed by atoms with Crippen molar-refractivity contribution in [3.05, 3.63) is 16.1 Å². The zero-order valence-electron chi connectivity index (χ0n) is 10.8. The van der Waals surface area contributed by atoms with E-state index >= 15 is 0 Å². The van der Waals surface area contributed by atoms with Crippen LogP contribution in [-0.4, -0.2) is 37.3 Å². The molecule has 0 amide bonds. The fraction of sp³-hybridized carbons (Fsp3) is 0.615. The van der Waals surface area contributed by atoms with Crippen molar-refractivity contribution < 1.29 is 4.74 Å². The highest BCUT2D eigenvalue weighted by Crippen LogP contribution is 2.37. The number of ether oxygens (including phenoxy) is 1. The molecule has 0 aromatic carbocycles. The summed E-state index contributed by atoms with van der Waals surface area (Å²) in [7, 11) is 1.81. The lowest BCUT2D eigenvalue weighted by molar-refractivity contribution is 0.0253. The summed E-state index contributed by atoms with van der Waals surface area (Å²) in [5.41, 5.74) is 0. The molecule has 0 radical (unpaired) electrons. The van der Waals surface area contributed by atoms with Crippen LogP contribution in [0.25, 0.3) is 0 Å². The minimum Gasteiger partial charge on any atom is -0.374 e. The molecule has 19 heavy (non-hydrogen) atoms. The van der Waals surface area contributed by atoms with E-state index in [1.54, 1.807) is 6.07 Å². The number of anilines is 2. The topological polar surface area (TPSA) is 37.4 Å². The first kappa shape index (κ1) is 13.3. The van der Waals surface area contributed by atoms with Crippen LogP contribution in [0.5, 0.6) is 0 Å².